The van der Waals surface area contributed by atoms with Crippen LogP contribution in [0.1, 0.15) is 78.9 Å². The number of aliphatic hydroxyl groups is 1. The first-order valence-electron chi connectivity index (χ1n) is 18.3. The minimum absolute atomic E-state index is 0.0166. The Hall–Kier alpha value is -3.10. The molecule has 1 heterocycles. The number of benzene rings is 1. The Balaban J connectivity index is 2.24. The van der Waals surface area contributed by atoms with Crippen molar-refractivity contribution in [3.05, 3.63) is 35.9 Å². The molecule has 1 aliphatic heterocycles. The maximum atomic E-state index is 14.1. The fraction of sp³-hybridized carbons (Fsp3) is 0.737. The van der Waals surface area contributed by atoms with Crippen LogP contribution in [0.5, 0.6) is 0 Å². The fourth-order valence-corrected chi connectivity index (χ4v) is 7.28. The Morgan fingerprint density at radius 1 is 0.961 bits per heavy atom. The van der Waals surface area contributed by atoms with Crippen molar-refractivity contribution in [1.29, 1.82) is 0 Å². The maximum Gasteiger partial charge on any atom is 0.260 e. The van der Waals surface area contributed by atoms with E-state index in [0.29, 0.717) is 18.5 Å². The van der Waals surface area contributed by atoms with Gasteiger partial charge in [0.1, 0.15) is 0 Å². The SMILES string of the molecule is CC[C@H](C)[C@@H]([C@@H](CC(=O)N1CCC[C@H]1[C@H](OC)[C@@H](C)C(=O)N[C@H](C)[C@@H](O)c1ccccc1)OC)N(C)C(=O)[C@@H](NC(=O)[C@@H](NC)C(C)C)N(C)C. The van der Waals surface area contributed by atoms with Crippen LogP contribution in [0.4, 0.5) is 0 Å². The van der Waals surface area contributed by atoms with Gasteiger partial charge in [-0.1, -0.05) is 71.4 Å². The third kappa shape index (κ3) is 11.4. The van der Waals surface area contributed by atoms with Crippen molar-refractivity contribution in [2.75, 3.05) is 49.0 Å². The summed E-state index contributed by atoms with van der Waals surface area (Å²) in [6.07, 6.45) is -0.842. The van der Waals surface area contributed by atoms with Gasteiger partial charge < -0.3 is 40.3 Å². The van der Waals surface area contributed by atoms with E-state index in [1.54, 1.807) is 71.0 Å². The van der Waals surface area contributed by atoms with Crippen molar-refractivity contribution in [2.45, 2.75) is 116 Å². The summed E-state index contributed by atoms with van der Waals surface area (Å²) in [6, 6.07) is 7.35. The average molecular weight is 719 g/mol. The normalized spacial score (nSPS) is 20.1. The summed E-state index contributed by atoms with van der Waals surface area (Å²) in [6.45, 7) is 12.0. The van der Waals surface area contributed by atoms with E-state index in [0.717, 1.165) is 12.8 Å². The molecule has 2 rings (SSSR count). The number of nitrogens with zero attached hydrogens (tertiary/aromatic N) is 3. The Labute approximate surface area is 306 Å². The van der Waals surface area contributed by atoms with E-state index in [2.05, 4.69) is 16.0 Å². The highest BCUT2D eigenvalue weighted by molar-refractivity contribution is 5.90. The molecule has 51 heavy (non-hydrogen) atoms. The van der Waals surface area contributed by atoms with Crippen molar-refractivity contribution in [2.24, 2.45) is 17.8 Å². The molecule has 13 heteroatoms. The number of hydrogen-bond donors (Lipinski definition) is 4. The molecule has 0 aliphatic carbocycles. The van der Waals surface area contributed by atoms with Gasteiger partial charge in [0, 0.05) is 27.8 Å². The van der Waals surface area contributed by atoms with E-state index in [1.807, 2.05) is 58.0 Å². The zero-order chi connectivity index (χ0) is 38.6. The number of carbonyl (C=O) groups excluding carboxylic acids is 4. The largest absolute Gasteiger partial charge is 0.386 e. The first-order valence-corrected chi connectivity index (χ1v) is 18.3. The summed E-state index contributed by atoms with van der Waals surface area (Å²) < 4.78 is 11.9. The molecule has 1 aromatic rings. The predicted octanol–water partition coefficient (Wildman–Crippen LogP) is 2.39. The topological polar surface area (TPSA) is 153 Å². The molecule has 0 bridgehead atoms. The lowest BCUT2D eigenvalue weighted by Gasteiger charge is -2.41. The molecule has 1 fully saturated rings. The van der Waals surface area contributed by atoms with Gasteiger partial charge in [0.05, 0.1) is 54.8 Å². The second kappa shape index (κ2) is 20.8. The Bertz CT molecular complexity index is 1250. The van der Waals surface area contributed by atoms with Gasteiger partial charge in [0.15, 0.2) is 6.17 Å². The van der Waals surface area contributed by atoms with Crippen LogP contribution in [0, 0.1) is 17.8 Å². The number of aliphatic hydroxyl groups excluding tert-OH is 1. The number of likely N-dealkylation sites (N-methyl/N-ethyl adjacent to an activating group) is 3. The number of likely N-dealkylation sites (tertiary alicyclic amines) is 1. The molecule has 10 atom stereocenters. The predicted molar refractivity (Wildman–Crippen MR) is 198 cm³/mol. The first-order chi connectivity index (χ1) is 24.0. The average Bonchev–Trinajstić information content (AvgIpc) is 3.59. The van der Waals surface area contributed by atoms with E-state index >= 15 is 0 Å². The highest BCUT2D eigenvalue weighted by Gasteiger charge is 2.43. The summed E-state index contributed by atoms with van der Waals surface area (Å²) in [7, 11) is 10.00. The van der Waals surface area contributed by atoms with Gasteiger partial charge in [-0.15, -0.1) is 0 Å². The Kier molecular flexibility index (Phi) is 18.0. The fourth-order valence-electron chi connectivity index (χ4n) is 7.28. The summed E-state index contributed by atoms with van der Waals surface area (Å²) >= 11 is 0. The van der Waals surface area contributed by atoms with Crippen LogP contribution in [0.3, 0.4) is 0 Å². The lowest BCUT2D eigenvalue weighted by Crippen LogP contribution is -2.62. The second-order valence-corrected chi connectivity index (χ2v) is 14.6. The van der Waals surface area contributed by atoms with Crippen molar-refractivity contribution in [3.63, 3.8) is 0 Å². The van der Waals surface area contributed by atoms with Crippen LogP contribution >= 0.6 is 0 Å². The van der Waals surface area contributed by atoms with Crippen LogP contribution in [-0.4, -0.2) is 135 Å². The van der Waals surface area contributed by atoms with Gasteiger partial charge in [-0.25, -0.2) is 0 Å². The molecule has 4 amide bonds. The van der Waals surface area contributed by atoms with Crippen LogP contribution in [-0.2, 0) is 28.7 Å². The van der Waals surface area contributed by atoms with E-state index in [-0.39, 0.29) is 47.9 Å². The van der Waals surface area contributed by atoms with E-state index < -0.39 is 48.5 Å². The van der Waals surface area contributed by atoms with E-state index in [1.165, 1.54) is 0 Å². The first kappa shape index (κ1) is 44.1. The van der Waals surface area contributed by atoms with Crippen LogP contribution in [0.25, 0.3) is 0 Å². The molecule has 1 aromatic carbocycles. The monoisotopic (exact) mass is 718 g/mol. The minimum atomic E-state index is -0.925. The van der Waals surface area contributed by atoms with Crippen molar-refractivity contribution >= 4 is 23.6 Å². The maximum absolute atomic E-state index is 14.1. The molecule has 0 unspecified atom stereocenters. The lowest BCUT2D eigenvalue weighted by atomic mass is 9.90. The summed E-state index contributed by atoms with van der Waals surface area (Å²) in [5, 5.41) is 19.7. The highest BCUT2D eigenvalue weighted by atomic mass is 16.5. The van der Waals surface area contributed by atoms with Gasteiger partial charge in [-0.3, -0.25) is 24.1 Å². The molecule has 4 N–H and O–H groups in total. The molecule has 0 aromatic heterocycles. The highest BCUT2D eigenvalue weighted by Crippen LogP contribution is 2.30. The summed E-state index contributed by atoms with van der Waals surface area (Å²) in [5.74, 6) is -1.62. The zero-order valence-corrected chi connectivity index (χ0v) is 33.0. The number of amides is 4. The second-order valence-electron chi connectivity index (χ2n) is 14.6. The molecular formula is C38H66N6O7. The lowest BCUT2D eigenvalue weighted by molar-refractivity contribution is -0.149. The van der Waals surface area contributed by atoms with E-state index in [4.69, 9.17) is 9.47 Å². The minimum Gasteiger partial charge on any atom is -0.386 e. The van der Waals surface area contributed by atoms with Crippen molar-refractivity contribution in [3.8, 4) is 0 Å². The number of ether oxygens (including phenoxy) is 2. The number of nitrogens with one attached hydrogen (secondary N) is 3. The third-order valence-electron chi connectivity index (χ3n) is 10.5. The number of rotatable bonds is 20. The standard InChI is InChI=1S/C38H66N6O7/c1-13-24(4)32(43(10)38(49)35(42(8)9)41-37(48)31(39-7)23(2)3)29(50-11)22-30(45)44-21-17-20-28(44)34(51-12)25(5)36(47)40-26(6)33(46)27-18-15-14-16-19-27/h14-16,18-19,23-26,28-29,31-35,39,46H,13,17,20-22H2,1-12H3,(H,40,47)(H,41,48)/t24-,25+,26+,28-,29+,31-,32-,33+,34+,35-/m0/s1. The molecular weight excluding hydrogens is 652 g/mol. The van der Waals surface area contributed by atoms with Crippen LogP contribution < -0.4 is 16.0 Å². The van der Waals surface area contributed by atoms with Gasteiger partial charge >= 0.3 is 0 Å². The number of carbonyl (C=O) groups is 4. The van der Waals surface area contributed by atoms with Gasteiger partial charge in [-0.05, 0) is 58.3 Å². The van der Waals surface area contributed by atoms with Gasteiger partial charge in [-0.2, -0.15) is 0 Å². The zero-order valence-electron chi connectivity index (χ0n) is 33.0. The molecule has 1 saturated heterocycles. The Morgan fingerprint density at radius 2 is 1.59 bits per heavy atom. The van der Waals surface area contributed by atoms with Crippen LogP contribution in [0.2, 0.25) is 0 Å². The quantitative estimate of drug-likeness (QED) is 0.149. The Morgan fingerprint density at radius 3 is 2.10 bits per heavy atom. The molecule has 0 saturated carbocycles. The molecule has 0 spiro atoms. The molecule has 1 aliphatic rings. The molecule has 290 valence electrons. The summed E-state index contributed by atoms with van der Waals surface area (Å²) in [5.41, 5.74) is 0.708. The van der Waals surface area contributed by atoms with Crippen LogP contribution in [0.15, 0.2) is 30.3 Å². The molecule has 0 radical (unpaired) electrons. The van der Waals surface area contributed by atoms with Crippen molar-refractivity contribution < 1.29 is 33.8 Å². The third-order valence-corrected chi connectivity index (χ3v) is 10.5. The summed E-state index contributed by atoms with van der Waals surface area (Å²) in [4.78, 5) is 59.8. The number of hydrogen-bond acceptors (Lipinski definition) is 9. The van der Waals surface area contributed by atoms with E-state index in [9.17, 15) is 24.3 Å². The van der Waals surface area contributed by atoms with Gasteiger partial charge in [0.2, 0.25) is 17.7 Å². The molecule has 13 nitrogen and oxygen atoms in total. The number of methoxy groups -OCH3 is 2. The smallest absolute Gasteiger partial charge is 0.260 e. The van der Waals surface area contributed by atoms with Gasteiger partial charge in [0.25, 0.3) is 5.91 Å². The van der Waals surface area contributed by atoms with Crippen molar-refractivity contribution in [1.82, 2.24) is 30.7 Å².